The number of ether oxygens (including phenoxy) is 1. The van der Waals surface area contributed by atoms with Crippen molar-refractivity contribution in [2.45, 2.75) is 30.2 Å². The monoisotopic (exact) mass is 531 g/mol. The number of halogens is 2. The van der Waals surface area contributed by atoms with Crippen LogP contribution in [0.25, 0.3) is 0 Å². The molecule has 1 atom stereocenters. The van der Waals surface area contributed by atoms with Gasteiger partial charge >= 0.3 is 5.97 Å². The smallest absolute Gasteiger partial charge is 0.305 e. The number of hydrogen-bond donors (Lipinski definition) is 3. The molecular formula is C21H23Cl2N3O5S2. The molecule has 1 saturated heterocycles. The second kappa shape index (κ2) is 10.9. The molecule has 1 aliphatic heterocycles. The molecular weight excluding hydrogens is 509 g/mol. The summed E-state index contributed by atoms with van der Waals surface area (Å²) in [4.78, 5) is 11.5. The van der Waals surface area contributed by atoms with Crippen molar-refractivity contribution < 1.29 is 23.1 Å². The third kappa shape index (κ3) is 6.27. The Balaban J connectivity index is 1.84. The quantitative estimate of drug-likeness (QED) is 0.433. The number of carbonyl (C=O) groups is 1. The molecule has 0 amide bonds. The number of benzene rings is 2. The van der Waals surface area contributed by atoms with E-state index in [9.17, 15) is 18.3 Å². The highest BCUT2D eigenvalue weighted by Gasteiger charge is 2.28. The first kappa shape index (κ1) is 25.5. The number of anilines is 1. The lowest BCUT2D eigenvalue weighted by Crippen LogP contribution is -2.34. The van der Waals surface area contributed by atoms with Gasteiger partial charge in [-0.1, -0.05) is 29.3 Å². The number of nitrogens with one attached hydrogen (secondary N) is 2. The van der Waals surface area contributed by atoms with Crippen LogP contribution in [0.3, 0.4) is 0 Å². The zero-order valence-corrected chi connectivity index (χ0v) is 20.8. The van der Waals surface area contributed by atoms with E-state index in [2.05, 4.69) is 10.6 Å². The maximum absolute atomic E-state index is 12.9. The first-order valence-electron chi connectivity index (χ1n) is 10.0. The van der Waals surface area contributed by atoms with E-state index in [0.717, 1.165) is 12.8 Å². The summed E-state index contributed by atoms with van der Waals surface area (Å²) < 4.78 is 32.7. The number of methoxy groups -OCH3 is 1. The molecule has 1 fully saturated rings. The summed E-state index contributed by atoms with van der Waals surface area (Å²) in [6.45, 7) is 0.964. The Labute approximate surface area is 207 Å². The van der Waals surface area contributed by atoms with Crippen molar-refractivity contribution in [1.29, 1.82) is 0 Å². The lowest BCUT2D eigenvalue weighted by atomic mass is 10.0. The number of nitrogens with zero attached hydrogens (tertiary/aromatic N) is 1. The molecule has 0 spiro atoms. The number of thiocarbonyl (C=S) groups is 1. The second-order valence-electron chi connectivity index (χ2n) is 7.39. The van der Waals surface area contributed by atoms with Crippen LogP contribution in [0.1, 0.15) is 30.9 Å². The highest BCUT2D eigenvalue weighted by Crippen LogP contribution is 2.31. The van der Waals surface area contributed by atoms with Crippen molar-refractivity contribution in [2.75, 3.05) is 25.5 Å². The van der Waals surface area contributed by atoms with Gasteiger partial charge in [0.25, 0.3) is 0 Å². The molecule has 2 aromatic carbocycles. The fraction of sp³-hybridized carbons (Fsp3) is 0.333. The summed E-state index contributed by atoms with van der Waals surface area (Å²) in [6, 6.07) is 8.45. The lowest BCUT2D eigenvalue weighted by molar-refractivity contribution is -0.137. The number of hydrogen-bond acceptors (Lipinski definition) is 5. The van der Waals surface area contributed by atoms with E-state index in [-0.39, 0.29) is 16.4 Å². The van der Waals surface area contributed by atoms with Gasteiger partial charge in [-0.25, -0.2) is 8.42 Å². The van der Waals surface area contributed by atoms with Crippen molar-refractivity contribution in [3.63, 3.8) is 0 Å². The second-order valence-corrected chi connectivity index (χ2v) is 10.6. The van der Waals surface area contributed by atoms with Gasteiger partial charge in [0.05, 0.1) is 30.2 Å². The van der Waals surface area contributed by atoms with Crippen LogP contribution in [0.5, 0.6) is 5.75 Å². The van der Waals surface area contributed by atoms with Gasteiger partial charge in [0.2, 0.25) is 10.0 Å². The maximum atomic E-state index is 12.9. The Morgan fingerprint density at radius 3 is 2.52 bits per heavy atom. The van der Waals surface area contributed by atoms with Crippen molar-refractivity contribution in [2.24, 2.45) is 0 Å². The van der Waals surface area contributed by atoms with Crippen LogP contribution >= 0.6 is 35.4 Å². The third-order valence-corrected chi connectivity index (χ3v) is 7.82. The Hall–Kier alpha value is -2.11. The zero-order valence-electron chi connectivity index (χ0n) is 17.7. The molecule has 0 aliphatic carbocycles. The van der Waals surface area contributed by atoms with Crippen LogP contribution in [0.2, 0.25) is 10.0 Å². The standard InChI is InChI=1S/C21H23Cl2N3O5S2/c1-31-19-7-5-14(33(29,30)26-8-2-3-9-26)11-18(19)25-21(32)24-17(12-20(27)28)15-6-4-13(22)10-16(15)23/h4-7,10-11,17H,2-3,8-9,12H2,1H3,(H,27,28)(H2,24,25,32)/t17-/m1/s1. The minimum atomic E-state index is -3.65. The summed E-state index contributed by atoms with van der Waals surface area (Å²) in [5.74, 6) is -0.684. The van der Waals surface area contributed by atoms with E-state index < -0.39 is 22.0 Å². The lowest BCUT2D eigenvalue weighted by Gasteiger charge is -2.22. The Bertz CT molecular complexity index is 1150. The number of carboxylic acid groups (broad SMARTS) is 1. The minimum absolute atomic E-state index is 0.0706. The van der Waals surface area contributed by atoms with Gasteiger partial charge in [-0.2, -0.15) is 4.31 Å². The molecule has 3 N–H and O–H groups in total. The summed E-state index contributed by atoms with van der Waals surface area (Å²) in [7, 11) is -2.20. The Morgan fingerprint density at radius 2 is 1.91 bits per heavy atom. The van der Waals surface area contributed by atoms with Gasteiger partial charge in [0.15, 0.2) is 5.11 Å². The molecule has 0 aromatic heterocycles. The Morgan fingerprint density at radius 1 is 1.21 bits per heavy atom. The van der Waals surface area contributed by atoms with E-state index in [4.69, 9.17) is 40.2 Å². The molecule has 2 aromatic rings. The fourth-order valence-corrected chi connectivity index (χ4v) is 5.87. The predicted octanol–water partition coefficient (Wildman–Crippen LogP) is 4.29. The summed E-state index contributed by atoms with van der Waals surface area (Å²) in [5.41, 5.74) is 0.830. The van der Waals surface area contributed by atoms with Crippen molar-refractivity contribution in [3.05, 3.63) is 52.0 Å². The summed E-state index contributed by atoms with van der Waals surface area (Å²) in [6.07, 6.45) is 1.35. The van der Waals surface area contributed by atoms with Gasteiger partial charge < -0.3 is 20.5 Å². The molecule has 0 radical (unpaired) electrons. The van der Waals surface area contributed by atoms with Gasteiger partial charge in [-0.05, 0) is 61.0 Å². The zero-order chi connectivity index (χ0) is 24.2. The van der Waals surface area contributed by atoms with Gasteiger partial charge in [0, 0.05) is 23.1 Å². The van der Waals surface area contributed by atoms with Crippen LogP contribution in [0.4, 0.5) is 5.69 Å². The van der Waals surface area contributed by atoms with E-state index >= 15 is 0 Å². The number of sulfonamides is 1. The maximum Gasteiger partial charge on any atom is 0.305 e. The number of rotatable bonds is 8. The van der Waals surface area contributed by atoms with Crippen molar-refractivity contribution in [3.8, 4) is 5.75 Å². The molecule has 0 saturated carbocycles. The molecule has 8 nitrogen and oxygen atoms in total. The molecule has 178 valence electrons. The SMILES string of the molecule is COc1ccc(S(=O)(=O)N2CCCC2)cc1NC(=S)N[C@H](CC(=O)O)c1ccc(Cl)cc1Cl. The van der Waals surface area contributed by atoms with Crippen LogP contribution < -0.4 is 15.4 Å². The molecule has 0 bridgehead atoms. The molecule has 33 heavy (non-hydrogen) atoms. The number of aliphatic carboxylic acids is 1. The Kier molecular flexibility index (Phi) is 8.41. The largest absolute Gasteiger partial charge is 0.495 e. The molecule has 1 aliphatic rings. The topological polar surface area (TPSA) is 108 Å². The van der Waals surface area contributed by atoms with E-state index in [0.29, 0.717) is 40.1 Å². The van der Waals surface area contributed by atoms with Crippen LogP contribution in [0, 0.1) is 0 Å². The van der Waals surface area contributed by atoms with Crippen LogP contribution in [0.15, 0.2) is 41.3 Å². The van der Waals surface area contributed by atoms with Gasteiger partial charge in [-0.3, -0.25) is 4.79 Å². The van der Waals surface area contributed by atoms with Crippen molar-refractivity contribution >= 4 is 62.2 Å². The van der Waals surface area contributed by atoms with Crippen LogP contribution in [-0.2, 0) is 14.8 Å². The van der Waals surface area contributed by atoms with E-state index in [1.54, 1.807) is 18.2 Å². The summed E-state index contributed by atoms with van der Waals surface area (Å²) >= 11 is 17.6. The fourth-order valence-electron chi connectivity index (χ4n) is 3.54. The highest BCUT2D eigenvalue weighted by molar-refractivity contribution is 7.89. The predicted molar refractivity (Wildman–Crippen MR) is 132 cm³/mol. The average molecular weight is 532 g/mol. The first-order valence-corrected chi connectivity index (χ1v) is 12.6. The molecule has 1 heterocycles. The van der Waals surface area contributed by atoms with E-state index in [1.165, 1.54) is 29.6 Å². The third-order valence-electron chi connectivity index (χ3n) is 5.14. The highest BCUT2D eigenvalue weighted by atomic mass is 35.5. The van der Waals surface area contributed by atoms with E-state index in [1.807, 2.05) is 0 Å². The average Bonchev–Trinajstić information content (AvgIpc) is 3.28. The minimum Gasteiger partial charge on any atom is -0.495 e. The van der Waals surface area contributed by atoms with Gasteiger partial charge in [0.1, 0.15) is 5.75 Å². The number of carboxylic acids is 1. The summed E-state index contributed by atoms with van der Waals surface area (Å²) in [5, 5.41) is 16.0. The molecule has 12 heteroatoms. The molecule has 3 rings (SSSR count). The van der Waals surface area contributed by atoms with Crippen LogP contribution in [-0.4, -0.2) is 49.1 Å². The molecule has 0 unspecified atom stereocenters. The van der Waals surface area contributed by atoms with Crippen molar-refractivity contribution in [1.82, 2.24) is 9.62 Å². The first-order chi connectivity index (χ1) is 15.6. The van der Waals surface area contributed by atoms with Gasteiger partial charge in [-0.15, -0.1) is 0 Å². The normalized spacial score (nSPS) is 15.1.